The van der Waals surface area contributed by atoms with E-state index in [4.69, 9.17) is 4.74 Å². The van der Waals surface area contributed by atoms with Crippen molar-refractivity contribution >= 4 is 16.8 Å². The van der Waals surface area contributed by atoms with E-state index >= 15 is 0 Å². The first-order valence-electron chi connectivity index (χ1n) is 9.53. The number of para-hydroxylation sites is 1. The van der Waals surface area contributed by atoms with Crippen molar-refractivity contribution in [2.24, 2.45) is 0 Å². The lowest BCUT2D eigenvalue weighted by atomic mass is 10.1. The molecule has 30 heavy (non-hydrogen) atoms. The van der Waals surface area contributed by atoms with Crippen molar-refractivity contribution in [2.45, 2.75) is 13.0 Å². The van der Waals surface area contributed by atoms with Crippen molar-refractivity contribution in [1.29, 1.82) is 0 Å². The normalized spacial score (nSPS) is 11.2. The second-order valence-corrected chi connectivity index (χ2v) is 6.84. The van der Waals surface area contributed by atoms with Gasteiger partial charge in [0, 0.05) is 12.1 Å². The number of hydrogen-bond acceptors (Lipinski definition) is 6. The van der Waals surface area contributed by atoms with Gasteiger partial charge < -0.3 is 4.74 Å². The van der Waals surface area contributed by atoms with Crippen molar-refractivity contribution in [2.75, 3.05) is 7.11 Å². The maximum atomic E-state index is 13.0. The van der Waals surface area contributed by atoms with Gasteiger partial charge in [-0.05, 0) is 23.6 Å². The molecule has 0 spiro atoms. The molecule has 3 heterocycles. The first kappa shape index (κ1) is 18.0. The van der Waals surface area contributed by atoms with Gasteiger partial charge in [-0.2, -0.15) is 9.61 Å². The number of ether oxygens (including phenoxy) is 1. The molecule has 0 amide bonds. The second-order valence-electron chi connectivity index (χ2n) is 6.84. The van der Waals surface area contributed by atoms with Gasteiger partial charge in [-0.1, -0.05) is 48.5 Å². The molecule has 0 aliphatic rings. The number of methoxy groups -OCH3 is 1. The van der Waals surface area contributed by atoms with E-state index in [2.05, 4.69) is 20.3 Å². The molecule has 0 fully saturated rings. The van der Waals surface area contributed by atoms with Gasteiger partial charge in [-0.15, -0.1) is 10.2 Å². The highest BCUT2D eigenvalue weighted by molar-refractivity contribution is 5.80. The molecule has 0 radical (unpaired) electrons. The Morgan fingerprint density at radius 2 is 1.77 bits per heavy atom. The summed E-state index contributed by atoms with van der Waals surface area (Å²) < 4.78 is 8.49. The summed E-state index contributed by atoms with van der Waals surface area (Å²) in [7, 11) is 1.64. The standard InChI is InChI=1S/C22H18N6O2/c1-30-18-10-6-5-9-16(18)11-12-27-14-23-21-19(22(27)29)25-26-20-17(13-24-28(20)21)15-7-3-2-4-8-15/h2-10,13-14H,11-12H2,1H3. The van der Waals surface area contributed by atoms with Crippen LogP contribution in [0.4, 0.5) is 0 Å². The van der Waals surface area contributed by atoms with Crippen molar-refractivity contribution in [3.05, 3.63) is 83.0 Å². The minimum absolute atomic E-state index is 0.188. The SMILES string of the molecule is COc1ccccc1CCn1cnc2c(nnc3c(-c4ccccc4)cnn32)c1=O. The number of benzene rings is 2. The van der Waals surface area contributed by atoms with E-state index in [0.717, 1.165) is 22.4 Å². The van der Waals surface area contributed by atoms with Crippen LogP contribution in [0.2, 0.25) is 0 Å². The number of aromatic nitrogens is 6. The zero-order valence-electron chi connectivity index (χ0n) is 16.3. The lowest BCUT2D eigenvalue weighted by Gasteiger charge is -2.10. The lowest BCUT2D eigenvalue weighted by Crippen LogP contribution is -2.24. The summed E-state index contributed by atoms with van der Waals surface area (Å²) in [5.74, 6) is 0.797. The second kappa shape index (κ2) is 7.40. The molecule has 3 aromatic heterocycles. The van der Waals surface area contributed by atoms with Crippen molar-refractivity contribution < 1.29 is 4.74 Å². The predicted molar refractivity (Wildman–Crippen MR) is 112 cm³/mol. The molecule has 0 saturated heterocycles. The van der Waals surface area contributed by atoms with Gasteiger partial charge in [0.15, 0.2) is 16.8 Å². The van der Waals surface area contributed by atoms with Crippen LogP contribution in [0.1, 0.15) is 5.56 Å². The van der Waals surface area contributed by atoms with Crippen LogP contribution in [-0.4, -0.2) is 36.5 Å². The Hall–Kier alpha value is -4.07. The van der Waals surface area contributed by atoms with Crippen LogP contribution in [0.3, 0.4) is 0 Å². The Balaban J connectivity index is 1.53. The number of fused-ring (bicyclic) bond motifs is 3. The Bertz CT molecular complexity index is 1410. The Morgan fingerprint density at radius 1 is 0.967 bits per heavy atom. The molecule has 2 aromatic carbocycles. The van der Waals surface area contributed by atoms with Gasteiger partial charge in [0.1, 0.15) is 12.1 Å². The van der Waals surface area contributed by atoms with E-state index < -0.39 is 0 Å². The van der Waals surface area contributed by atoms with Crippen molar-refractivity contribution in [3.8, 4) is 16.9 Å². The summed E-state index contributed by atoms with van der Waals surface area (Å²) in [6.07, 6.45) is 3.88. The number of rotatable bonds is 5. The molecule has 0 atom stereocenters. The first-order valence-corrected chi connectivity index (χ1v) is 9.53. The van der Waals surface area contributed by atoms with Crippen molar-refractivity contribution in [1.82, 2.24) is 29.4 Å². The Morgan fingerprint density at radius 3 is 2.60 bits per heavy atom. The molecule has 0 saturated carbocycles. The van der Waals surface area contributed by atoms with Crippen LogP contribution in [0, 0.1) is 0 Å². The molecule has 148 valence electrons. The van der Waals surface area contributed by atoms with Gasteiger partial charge in [-0.3, -0.25) is 9.36 Å². The average Bonchev–Trinajstić information content (AvgIpc) is 3.24. The lowest BCUT2D eigenvalue weighted by molar-refractivity contribution is 0.408. The Kier molecular flexibility index (Phi) is 4.44. The maximum absolute atomic E-state index is 13.0. The molecule has 0 aliphatic carbocycles. The van der Waals surface area contributed by atoms with Gasteiger partial charge in [0.2, 0.25) is 0 Å². The minimum atomic E-state index is -0.249. The third-order valence-corrected chi connectivity index (χ3v) is 5.08. The minimum Gasteiger partial charge on any atom is -0.496 e. The fourth-order valence-electron chi connectivity index (χ4n) is 3.53. The molecule has 5 aromatic rings. The quantitative estimate of drug-likeness (QED) is 0.452. The third-order valence-electron chi connectivity index (χ3n) is 5.08. The molecule has 8 heteroatoms. The highest BCUT2D eigenvalue weighted by Crippen LogP contribution is 2.23. The van der Waals surface area contributed by atoms with E-state index in [0.29, 0.717) is 24.3 Å². The molecular weight excluding hydrogens is 380 g/mol. The number of hydrogen-bond donors (Lipinski definition) is 0. The van der Waals surface area contributed by atoms with Crippen LogP contribution in [0.25, 0.3) is 27.9 Å². The first-order chi connectivity index (χ1) is 14.8. The Labute approximate surface area is 171 Å². The monoisotopic (exact) mass is 398 g/mol. The van der Waals surface area contributed by atoms with Crippen LogP contribution in [-0.2, 0) is 13.0 Å². The molecule has 5 rings (SSSR count). The zero-order chi connectivity index (χ0) is 20.5. The fraction of sp³-hybridized carbons (Fsp3) is 0.136. The summed E-state index contributed by atoms with van der Waals surface area (Å²) >= 11 is 0. The smallest absolute Gasteiger partial charge is 0.283 e. The van der Waals surface area contributed by atoms with Gasteiger partial charge >= 0.3 is 0 Å². The molecule has 0 unspecified atom stereocenters. The molecular formula is C22H18N6O2. The molecule has 0 bridgehead atoms. The third kappa shape index (κ3) is 2.98. The van der Waals surface area contributed by atoms with E-state index in [9.17, 15) is 4.79 Å². The molecule has 0 aliphatic heterocycles. The fourth-order valence-corrected chi connectivity index (χ4v) is 3.53. The van der Waals surface area contributed by atoms with Gasteiger partial charge in [0.25, 0.3) is 5.56 Å². The summed E-state index contributed by atoms with van der Waals surface area (Å²) in [6, 6.07) is 17.6. The van der Waals surface area contributed by atoms with Crippen LogP contribution in [0.15, 0.2) is 71.9 Å². The van der Waals surface area contributed by atoms with E-state index in [-0.39, 0.29) is 11.1 Å². The molecule has 0 N–H and O–H groups in total. The average molecular weight is 398 g/mol. The van der Waals surface area contributed by atoms with Crippen molar-refractivity contribution in [3.63, 3.8) is 0 Å². The van der Waals surface area contributed by atoms with Crippen LogP contribution >= 0.6 is 0 Å². The van der Waals surface area contributed by atoms with E-state index in [1.165, 1.54) is 10.9 Å². The summed E-state index contributed by atoms with van der Waals surface area (Å²) in [4.78, 5) is 17.4. The number of aryl methyl sites for hydroxylation is 2. The highest BCUT2D eigenvalue weighted by atomic mass is 16.5. The predicted octanol–water partition coefficient (Wildman–Crippen LogP) is 2.75. The maximum Gasteiger partial charge on any atom is 0.283 e. The molecule has 8 nitrogen and oxygen atoms in total. The van der Waals surface area contributed by atoms with Gasteiger partial charge in [0.05, 0.1) is 13.3 Å². The topological polar surface area (TPSA) is 87.2 Å². The summed E-state index contributed by atoms with van der Waals surface area (Å²) in [5, 5.41) is 12.9. The van der Waals surface area contributed by atoms with E-state index in [1.807, 2.05) is 54.6 Å². The summed E-state index contributed by atoms with van der Waals surface area (Å²) in [5.41, 5.74) is 3.73. The zero-order valence-corrected chi connectivity index (χ0v) is 16.3. The highest BCUT2D eigenvalue weighted by Gasteiger charge is 2.15. The summed E-state index contributed by atoms with van der Waals surface area (Å²) in [6.45, 7) is 0.455. The van der Waals surface area contributed by atoms with Crippen LogP contribution in [0.5, 0.6) is 5.75 Å². The largest absolute Gasteiger partial charge is 0.496 e. The number of nitrogens with zero attached hydrogens (tertiary/aromatic N) is 6. The van der Waals surface area contributed by atoms with E-state index in [1.54, 1.807) is 17.8 Å². The van der Waals surface area contributed by atoms with Gasteiger partial charge in [-0.25, -0.2) is 4.98 Å². The van der Waals surface area contributed by atoms with Crippen LogP contribution < -0.4 is 10.3 Å².